The molecule has 1 N–H and O–H groups in total. The van der Waals surface area contributed by atoms with Crippen LogP contribution in [0.3, 0.4) is 0 Å². The number of ether oxygens (including phenoxy) is 1. The van der Waals surface area contributed by atoms with Gasteiger partial charge in [-0.25, -0.2) is 0 Å². The van der Waals surface area contributed by atoms with Gasteiger partial charge >= 0.3 is 0 Å². The Labute approximate surface area is 123 Å². The quantitative estimate of drug-likeness (QED) is 0.867. The van der Waals surface area contributed by atoms with Gasteiger partial charge in [-0.3, -0.25) is 0 Å². The van der Waals surface area contributed by atoms with Crippen LogP contribution in [0.1, 0.15) is 61.8 Å². The summed E-state index contributed by atoms with van der Waals surface area (Å²) in [6.07, 6.45) is 6.05. The summed E-state index contributed by atoms with van der Waals surface area (Å²) in [4.78, 5) is 0. The van der Waals surface area contributed by atoms with E-state index in [1.165, 1.54) is 36.8 Å². The summed E-state index contributed by atoms with van der Waals surface area (Å²) < 4.78 is 6.02. The number of aryl methyl sites for hydroxylation is 2. The predicted octanol–water partition coefficient (Wildman–Crippen LogP) is 4.32. The zero-order chi connectivity index (χ0) is 14.5. The number of aliphatic hydroxyl groups excluding tert-OH is 1. The van der Waals surface area contributed by atoms with Crippen molar-refractivity contribution in [3.63, 3.8) is 0 Å². The van der Waals surface area contributed by atoms with Crippen LogP contribution in [0.4, 0.5) is 0 Å². The second kappa shape index (κ2) is 7.24. The minimum Gasteiger partial charge on any atom is -0.386 e. The summed E-state index contributed by atoms with van der Waals surface area (Å²) in [5, 5.41) is 10.3. The lowest BCUT2D eigenvalue weighted by molar-refractivity contribution is -0.0515. The van der Waals surface area contributed by atoms with E-state index in [9.17, 15) is 5.11 Å². The van der Waals surface area contributed by atoms with Crippen molar-refractivity contribution in [2.24, 2.45) is 5.92 Å². The van der Waals surface area contributed by atoms with Gasteiger partial charge in [0, 0.05) is 0 Å². The molecule has 1 aliphatic rings. The molecule has 0 aromatic heterocycles. The number of hydrogen-bond acceptors (Lipinski definition) is 2. The molecule has 0 amide bonds. The van der Waals surface area contributed by atoms with Crippen molar-refractivity contribution in [2.45, 2.75) is 65.1 Å². The molecule has 0 aliphatic heterocycles. The van der Waals surface area contributed by atoms with Crippen LogP contribution in [0.25, 0.3) is 0 Å². The van der Waals surface area contributed by atoms with Crippen molar-refractivity contribution in [3.8, 4) is 0 Å². The molecule has 2 heteroatoms. The molecular formula is C18H28O2. The molecule has 1 saturated carbocycles. The summed E-state index contributed by atoms with van der Waals surface area (Å²) in [5.41, 5.74) is 3.46. The molecule has 0 heterocycles. The van der Waals surface area contributed by atoms with E-state index in [1.54, 1.807) is 0 Å². The second-order valence-electron chi connectivity index (χ2n) is 6.18. The minimum absolute atomic E-state index is 0.343. The predicted molar refractivity (Wildman–Crippen MR) is 82.9 cm³/mol. The maximum Gasteiger partial charge on any atom is 0.102 e. The van der Waals surface area contributed by atoms with E-state index in [0.29, 0.717) is 18.6 Å². The summed E-state index contributed by atoms with van der Waals surface area (Å²) >= 11 is 0. The van der Waals surface area contributed by atoms with Crippen molar-refractivity contribution in [3.05, 3.63) is 34.9 Å². The van der Waals surface area contributed by atoms with Gasteiger partial charge in [0.2, 0.25) is 0 Å². The molecule has 1 aliphatic carbocycles. The highest BCUT2D eigenvalue weighted by Crippen LogP contribution is 2.30. The zero-order valence-electron chi connectivity index (χ0n) is 13.1. The molecule has 1 fully saturated rings. The molecule has 2 nitrogen and oxygen atoms in total. The van der Waals surface area contributed by atoms with E-state index in [4.69, 9.17) is 4.74 Å². The molecule has 0 spiro atoms. The van der Waals surface area contributed by atoms with Crippen molar-refractivity contribution in [1.82, 2.24) is 0 Å². The average Bonchev–Trinajstić information content (AvgIpc) is 2.47. The third-order valence-electron chi connectivity index (χ3n) is 4.75. The van der Waals surface area contributed by atoms with Gasteiger partial charge in [0.1, 0.15) is 6.10 Å². The Bertz CT molecular complexity index is 427. The van der Waals surface area contributed by atoms with Gasteiger partial charge in [-0.05, 0) is 49.3 Å². The van der Waals surface area contributed by atoms with E-state index in [2.05, 4.69) is 32.9 Å². The van der Waals surface area contributed by atoms with Crippen LogP contribution >= 0.6 is 0 Å². The fourth-order valence-electron chi connectivity index (χ4n) is 3.14. The van der Waals surface area contributed by atoms with E-state index in [0.717, 1.165) is 12.0 Å². The van der Waals surface area contributed by atoms with Gasteiger partial charge in [0.25, 0.3) is 0 Å². The molecule has 0 radical (unpaired) electrons. The van der Waals surface area contributed by atoms with Crippen LogP contribution in [-0.2, 0) is 4.74 Å². The van der Waals surface area contributed by atoms with Gasteiger partial charge in [0.05, 0.1) is 12.7 Å². The maximum absolute atomic E-state index is 10.3. The summed E-state index contributed by atoms with van der Waals surface area (Å²) in [6, 6.07) is 6.15. The first-order valence-corrected chi connectivity index (χ1v) is 7.98. The SMILES string of the molecule is CCC1CCCCC1OCC(O)c1ccc(C)c(C)c1. The third kappa shape index (κ3) is 3.83. The van der Waals surface area contributed by atoms with Gasteiger partial charge in [-0.15, -0.1) is 0 Å². The number of rotatable bonds is 5. The van der Waals surface area contributed by atoms with Gasteiger partial charge in [0.15, 0.2) is 0 Å². The van der Waals surface area contributed by atoms with Gasteiger partial charge < -0.3 is 9.84 Å². The fraction of sp³-hybridized carbons (Fsp3) is 0.667. The standard InChI is InChI=1S/C18H28O2/c1-4-15-7-5-6-8-18(15)20-12-17(19)16-10-9-13(2)14(3)11-16/h9-11,15,17-19H,4-8,12H2,1-3H3. The minimum atomic E-state index is -0.506. The number of aliphatic hydroxyl groups is 1. The van der Waals surface area contributed by atoms with Crippen molar-refractivity contribution in [2.75, 3.05) is 6.61 Å². The largest absolute Gasteiger partial charge is 0.386 e. The molecule has 112 valence electrons. The highest BCUT2D eigenvalue weighted by Gasteiger charge is 2.25. The first kappa shape index (κ1) is 15.5. The monoisotopic (exact) mass is 276 g/mol. The van der Waals surface area contributed by atoms with Crippen LogP contribution in [0, 0.1) is 19.8 Å². The van der Waals surface area contributed by atoms with Crippen LogP contribution in [0.2, 0.25) is 0 Å². The normalized spacial score (nSPS) is 24.6. The van der Waals surface area contributed by atoms with Gasteiger partial charge in [-0.2, -0.15) is 0 Å². The number of benzene rings is 1. The number of hydrogen-bond donors (Lipinski definition) is 1. The first-order valence-electron chi connectivity index (χ1n) is 7.98. The average molecular weight is 276 g/mol. The van der Waals surface area contributed by atoms with E-state index in [-0.39, 0.29) is 0 Å². The Morgan fingerprint density at radius 1 is 1.20 bits per heavy atom. The molecule has 3 atom stereocenters. The van der Waals surface area contributed by atoms with Crippen LogP contribution in [0.5, 0.6) is 0 Å². The summed E-state index contributed by atoms with van der Waals surface area (Å²) in [6.45, 7) is 6.84. The lowest BCUT2D eigenvalue weighted by Gasteiger charge is -2.31. The van der Waals surface area contributed by atoms with Crippen molar-refractivity contribution < 1.29 is 9.84 Å². The zero-order valence-corrected chi connectivity index (χ0v) is 13.1. The van der Waals surface area contributed by atoms with E-state index < -0.39 is 6.10 Å². The molecule has 3 unspecified atom stereocenters. The molecule has 0 bridgehead atoms. The Hall–Kier alpha value is -0.860. The first-order chi connectivity index (χ1) is 9.61. The topological polar surface area (TPSA) is 29.5 Å². The van der Waals surface area contributed by atoms with E-state index in [1.807, 2.05) is 6.07 Å². The lowest BCUT2D eigenvalue weighted by Crippen LogP contribution is -2.29. The highest BCUT2D eigenvalue weighted by atomic mass is 16.5. The Balaban J connectivity index is 1.90. The van der Waals surface area contributed by atoms with Crippen molar-refractivity contribution in [1.29, 1.82) is 0 Å². The summed E-state index contributed by atoms with van der Waals surface area (Å²) in [5.74, 6) is 0.677. The van der Waals surface area contributed by atoms with Crippen LogP contribution in [0.15, 0.2) is 18.2 Å². The maximum atomic E-state index is 10.3. The van der Waals surface area contributed by atoms with Gasteiger partial charge in [-0.1, -0.05) is 44.4 Å². The Kier molecular flexibility index (Phi) is 5.62. The highest BCUT2D eigenvalue weighted by molar-refractivity contribution is 5.31. The molecule has 20 heavy (non-hydrogen) atoms. The summed E-state index contributed by atoms with van der Waals surface area (Å²) in [7, 11) is 0. The van der Waals surface area contributed by atoms with Crippen LogP contribution < -0.4 is 0 Å². The second-order valence-corrected chi connectivity index (χ2v) is 6.18. The Morgan fingerprint density at radius 3 is 2.65 bits per heavy atom. The molecular weight excluding hydrogens is 248 g/mol. The van der Waals surface area contributed by atoms with E-state index >= 15 is 0 Å². The van der Waals surface area contributed by atoms with Crippen LogP contribution in [-0.4, -0.2) is 17.8 Å². The smallest absolute Gasteiger partial charge is 0.102 e. The third-order valence-corrected chi connectivity index (χ3v) is 4.75. The molecule has 0 saturated heterocycles. The molecule has 1 aromatic carbocycles. The molecule has 2 rings (SSSR count). The fourth-order valence-corrected chi connectivity index (χ4v) is 3.14. The Morgan fingerprint density at radius 2 is 1.95 bits per heavy atom. The lowest BCUT2D eigenvalue weighted by atomic mass is 9.85. The molecule has 1 aromatic rings. The van der Waals surface area contributed by atoms with Crippen molar-refractivity contribution >= 4 is 0 Å².